The van der Waals surface area contributed by atoms with Gasteiger partial charge in [0.25, 0.3) is 0 Å². The summed E-state index contributed by atoms with van der Waals surface area (Å²) in [5, 5.41) is 0. The van der Waals surface area contributed by atoms with Crippen molar-refractivity contribution in [3.05, 3.63) is 12.2 Å². The minimum Gasteiger partial charge on any atom is -0.462 e. The Kier molecular flexibility index (Phi) is 50.2. The first-order valence-corrected chi connectivity index (χ1v) is 27.7. The number of rotatable bonds is 51. The van der Waals surface area contributed by atoms with Crippen molar-refractivity contribution >= 4 is 17.9 Å². The highest BCUT2D eigenvalue weighted by molar-refractivity contribution is 5.71. The molecule has 0 saturated carbocycles. The van der Waals surface area contributed by atoms with Gasteiger partial charge in [0.15, 0.2) is 6.10 Å². The molecule has 6 heteroatoms. The maximum atomic E-state index is 12.8. The van der Waals surface area contributed by atoms with Crippen LogP contribution in [0.25, 0.3) is 0 Å². The van der Waals surface area contributed by atoms with Crippen LogP contribution in [-0.2, 0) is 28.6 Å². The first kappa shape index (κ1) is 60.2. The van der Waals surface area contributed by atoms with Gasteiger partial charge in [-0.25, -0.2) is 0 Å². The standard InChI is InChI=1S/C56H106O6/c1-4-7-10-13-16-19-22-25-27-28-30-31-34-37-40-43-46-49-55(58)61-52-53(51-60-54(57)48-45-42-39-36-33-24-21-18-15-12-9-6-3)62-56(59)50-47-44-41-38-35-32-29-26-23-20-17-14-11-8-5-2/h25,27,53H,4-24,26,28-52H2,1-3H3/b27-25-. The Hall–Kier alpha value is -1.85. The molecule has 1 unspecified atom stereocenters. The average molecular weight is 875 g/mol. The lowest BCUT2D eigenvalue weighted by Crippen LogP contribution is -2.30. The van der Waals surface area contributed by atoms with E-state index < -0.39 is 6.10 Å². The van der Waals surface area contributed by atoms with Gasteiger partial charge in [-0.15, -0.1) is 0 Å². The van der Waals surface area contributed by atoms with E-state index in [2.05, 4.69) is 32.9 Å². The second-order valence-corrected chi connectivity index (χ2v) is 18.9. The van der Waals surface area contributed by atoms with Crippen LogP contribution in [0.4, 0.5) is 0 Å². The molecule has 0 aliphatic carbocycles. The molecule has 0 fully saturated rings. The quantitative estimate of drug-likeness (QED) is 0.0262. The van der Waals surface area contributed by atoms with Crippen molar-refractivity contribution in [2.75, 3.05) is 13.2 Å². The van der Waals surface area contributed by atoms with E-state index in [0.29, 0.717) is 19.3 Å². The summed E-state index contributed by atoms with van der Waals surface area (Å²) in [7, 11) is 0. The number of allylic oxidation sites excluding steroid dienone is 2. The molecule has 0 aromatic heterocycles. The monoisotopic (exact) mass is 875 g/mol. The van der Waals surface area contributed by atoms with Crippen LogP contribution in [0.1, 0.15) is 310 Å². The second-order valence-electron chi connectivity index (χ2n) is 18.9. The molecule has 1 atom stereocenters. The van der Waals surface area contributed by atoms with Gasteiger partial charge in [0.1, 0.15) is 13.2 Å². The topological polar surface area (TPSA) is 78.9 Å². The summed E-state index contributed by atoms with van der Waals surface area (Å²) >= 11 is 0. The molecule has 0 bridgehead atoms. The highest BCUT2D eigenvalue weighted by Gasteiger charge is 2.19. The summed E-state index contributed by atoms with van der Waals surface area (Å²) in [5.41, 5.74) is 0. The second kappa shape index (κ2) is 51.8. The third kappa shape index (κ3) is 49.2. The molecule has 0 radical (unpaired) electrons. The molecule has 0 saturated heterocycles. The molecule has 0 spiro atoms. The van der Waals surface area contributed by atoms with E-state index in [1.165, 1.54) is 212 Å². The maximum Gasteiger partial charge on any atom is 0.306 e. The van der Waals surface area contributed by atoms with Gasteiger partial charge in [-0.1, -0.05) is 258 Å². The first-order chi connectivity index (χ1) is 30.5. The normalized spacial score (nSPS) is 12.0. The van der Waals surface area contributed by atoms with Crippen LogP contribution in [0.5, 0.6) is 0 Å². The fourth-order valence-electron chi connectivity index (χ4n) is 8.32. The lowest BCUT2D eigenvalue weighted by atomic mass is 10.0. The molecule has 0 aromatic rings. The number of ether oxygens (including phenoxy) is 3. The predicted octanol–water partition coefficient (Wildman–Crippen LogP) is 18.2. The minimum absolute atomic E-state index is 0.0656. The molecule has 0 heterocycles. The SMILES string of the molecule is CCCCCCCC/C=C\CCCCCCCCCC(=O)OCC(COC(=O)CCCCCCCCCCCCCC)OC(=O)CCCCCCCCCCCCCCCCC. The van der Waals surface area contributed by atoms with Crippen molar-refractivity contribution in [1.82, 2.24) is 0 Å². The van der Waals surface area contributed by atoms with E-state index in [1.54, 1.807) is 0 Å². The molecule has 0 amide bonds. The van der Waals surface area contributed by atoms with Crippen LogP contribution in [0.2, 0.25) is 0 Å². The molecule has 0 rings (SSSR count). The molecule has 62 heavy (non-hydrogen) atoms. The molecule has 0 aliphatic heterocycles. The zero-order chi connectivity index (χ0) is 45.1. The molecular weight excluding hydrogens is 769 g/mol. The Morgan fingerprint density at radius 2 is 0.532 bits per heavy atom. The van der Waals surface area contributed by atoms with Crippen molar-refractivity contribution in [1.29, 1.82) is 0 Å². The van der Waals surface area contributed by atoms with E-state index in [9.17, 15) is 14.4 Å². The average Bonchev–Trinajstić information content (AvgIpc) is 3.27. The highest BCUT2D eigenvalue weighted by Crippen LogP contribution is 2.17. The number of carbonyl (C=O) groups is 3. The van der Waals surface area contributed by atoms with Crippen LogP contribution >= 0.6 is 0 Å². The Balaban J connectivity index is 4.31. The predicted molar refractivity (Wildman–Crippen MR) is 266 cm³/mol. The van der Waals surface area contributed by atoms with Crippen molar-refractivity contribution in [2.45, 2.75) is 316 Å². The molecule has 6 nitrogen and oxygen atoms in total. The molecular formula is C56H106O6. The summed E-state index contributed by atoms with van der Waals surface area (Å²) in [5.74, 6) is -0.849. The van der Waals surface area contributed by atoms with E-state index in [-0.39, 0.29) is 31.1 Å². The Labute approximate surface area is 386 Å². The van der Waals surface area contributed by atoms with Gasteiger partial charge in [0.05, 0.1) is 0 Å². The van der Waals surface area contributed by atoms with Gasteiger partial charge in [-0.2, -0.15) is 0 Å². The number of carbonyl (C=O) groups excluding carboxylic acids is 3. The summed E-state index contributed by atoms with van der Waals surface area (Å²) < 4.78 is 16.8. The molecule has 366 valence electrons. The van der Waals surface area contributed by atoms with E-state index in [4.69, 9.17) is 14.2 Å². The van der Waals surface area contributed by atoms with Crippen molar-refractivity contribution in [3.8, 4) is 0 Å². The van der Waals surface area contributed by atoms with E-state index in [1.807, 2.05) is 0 Å². The Bertz CT molecular complexity index is 962. The number of hydrogen-bond donors (Lipinski definition) is 0. The van der Waals surface area contributed by atoms with Crippen molar-refractivity contribution in [2.24, 2.45) is 0 Å². The highest BCUT2D eigenvalue weighted by atomic mass is 16.6. The Morgan fingerprint density at radius 3 is 0.806 bits per heavy atom. The summed E-state index contributed by atoms with van der Waals surface area (Å²) in [4.78, 5) is 38.0. The summed E-state index contributed by atoms with van der Waals surface area (Å²) in [6, 6.07) is 0. The lowest BCUT2D eigenvalue weighted by Gasteiger charge is -2.18. The smallest absolute Gasteiger partial charge is 0.306 e. The van der Waals surface area contributed by atoms with Gasteiger partial charge in [0, 0.05) is 19.3 Å². The third-order valence-electron chi connectivity index (χ3n) is 12.5. The summed E-state index contributed by atoms with van der Waals surface area (Å²) in [6.45, 7) is 6.67. The van der Waals surface area contributed by atoms with Crippen molar-refractivity contribution < 1.29 is 28.6 Å². The number of hydrogen-bond acceptors (Lipinski definition) is 6. The van der Waals surface area contributed by atoms with E-state index in [0.717, 1.165) is 57.8 Å². The molecule has 0 aliphatic rings. The van der Waals surface area contributed by atoms with Gasteiger partial charge in [-0.3, -0.25) is 14.4 Å². The molecule has 0 aromatic carbocycles. The first-order valence-electron chi connectivity index (χ1n) is 27.7. The van der Waals surface area contributed by atoms with Gasteiger partial charge >= 0.3 is 17.9 Å². The van der Waals surface area contributed by atoms with Crippen LogP contribution in [0, 0.1) is 0 Å². The van der Waals surface area contributed by atoms with Gasteiger partial charge in [-0.05, 0) is 44.9 Å². The fourth-order valence-corrected chi connectivity index (χ4v) is 8.32. The van der Waals surface area contributed by atoms with Crippen LogP contribution in [0.15, 0.2) is 12.2 Å². The van der Waals surface area contributed by atoms with Crippen molar-refractivity contribution in [3.63, 3.8) is 0 Å². The fraction of sp³-hybridized carbons (Fsp3) is 0.911. The lowest BCUT2D eigenvalue weighted by molar-refractivity contribution is -0.167. The minimum atomic E-state index is -0.765. The largest absolute Gasteiger partial charge is 0.462 e. The zero-order valence-electron chi connectivity index (χ0n) is 41.9. The summed E-state index contributed by atoms with van der Waals surface area (Å²) in [6.07, 6.45) is 57.6. The Morgan fingerprint density at radius 1 is 0.306 bits per heavy atom. The maximum absolute atomic E-state index is 12.8. The van der Waals surface area contributed by atoms with Crippen LogP contribution in [0.3, 0.4) is 0 Å². The number of unbranched alkanes of at least 4 members (excludes halogenated alkanes) is 38. The van der Waals surface area contributed by atoms with Gasteiger partial charge < -0.3 is 14.2 Å². The molecule has 0 N–H and O–H groups in total. The van der Waals surface area contributed by atoms with Gasteiger partial charge in [0.2, 0.25) is 0 Å². The number of esters is 3. The van der Waals surface area contributed by atoms with E-state index >= 15 is 0 Å². The zero-order valence-corrected chi connectivity index (χ0v) is 41.9. The van der Waals surface area contributed by atoms with Crippen LogP contribution in [-0.4, -0.2) is 37.2 Å². The third-order valence-corrected chi connectivity index (χ3v) is 12.5. The van der Waals surface area contributed by atoms with Crippen LogP contribution < -0.4 is 0 Å².